The minimum atomic E-state index is -0.0820. The van der Waals surface area contributed by atoms with Crippen molar-refractivity contribution in [3.05, 3.63) is 36.0 Å². The van der Waals surface area contributed by atoms with Crippen molar-refractivity contribution in [2.24, 2.45) is 0 Å². The van der Waals surface area contributed by atoms with Gasteiger partial charge in [0.1, 0.15) is 0 Å². The Morgan fingerprint density at radius 3 is 2.53 bits per heavy atom. The number of hydrogen-bond acceptors (Lipinski definition) is 2. The Balaban J connectivity index is 4.71. The monoisotopic (exact) mass is 263 g/mol. The normalized spacial score (nSPS) is 12.2. The Hall–Kier alpha value is -1.64. The van der Waals surface area contributed by atoms with E-state index in [9.17, 15) is 9.59 Å². The van der Waals surface area contributed by atoms with Crippen molar-refractivity contribution in [1.82, 2.24) is 4.90 Å². The maximum Gasteiger partial charge on any atom is 0.249 e. The molecule has 0 heterocycles. The van der Waals surface area contributed by atoms with Crippen molar-refractivity contribution in [2.75, 3.05) is 13.6 Å². The first-order chi connectivity index (χ1) is 9.08. The largest absolute Gasteiger partial charge is 0.342 e. The van der Waals surface area contributed by atoms with Gasteiger partial charge >= 0.3 is 0 Å². The summed E-state index contributed by atoms with van der Waals surface area (Å²) in [6.07, 6.45) is 9.90. The molecule has 0 aromatic rings. The van der Waals surface area contributed by atoms with E-state index in [4.69, 9.17) is 0 Å². The molecule has 19 heavy (non-hydrogen) atoms. The first-order valence-electron chi connectivity index (χ1n) is 6.77. The van der Waals surface area contributed by atoms with Crippen LogP contribution in [0.3, 0.4) is 0 Å². The van der Waals surface area contributed by atoms with Crippen LogP contribution in [0.25, 0.3) is 0 Å². The Kier molecular flexibility index (Phi) is 9.41. The number of allylic oxidation sites excluding steroid dienone is 4. The molecule has 0 spiro atoms. The zero-order chi connectivity index (χ0) is 14.7. The van der Waals surface area contributed by atoms with Crippen LogP contribution < -0.4 is 0 Å². The highest BCUT2D eigenvalue weighted by molar-refractivity contribution is 5.99. The predicted molar refractivity (Wildman–Crippen MR) is 79.9 cm³/mol. The predicted octanol–water partition coefficient (Wildman–Crippen LogP) is 3.28. The number of nitrogens with zero attached hydrogens (tertiary/aromatic N) is 1. The Labute approximate surface area is 116 Å². The standard InChI is InChI=1S/C16H25NO2/c1-5-7-9-11-15(13-18)14(3)16(19)17(4)12-10-8-6-2/h5,9,11,13H,1,6-8,10,12H2,2-4H3/b11-9-,15-14-. The summed E-state index contributed by atoms with van der Waals surface area (Å²) in [6.45, 7) is 8.15. The van der Waals surface area contributed by atoms with Crippen LogP contribution in [-0.2, 0) is 9.59 Å². The molecule has 3 nitrogen and oxygen atoms in total. The summed E-state index contributed by atoms with van der Waals surface area (Å²) < 4.78 is 0. The van der Waals surface area contributed by atoms with Crippen molar-refractivity contribution in [2.45, 2.75) is 39.5 Å². The minimum Gasteiger partial charge on any atom is -0.342 e. The van der Waals surface area contributed by atoms with Gasteiger partial charge in [-0.1, -0.05) is 38.0 Å². The smallest absolute Gasteiger partial charge is 0.249 e. The number of hydrogen-bond donors (Lipinski definition) is 0. The lowest BCUT2D eigenvalue weighted by molar-refractivity contribution is -0.126. The molecule has 0 N–H and O–H groups in total. The van der Waals surface area contributed by atoms with Gasteiger partial charge in [-0.05, 0) is 19.8 Å². The topological polar surface area (TPSA) is 37.4 Å². The van der Waals surface area contributed by atoms with Gasteiger partial charge in [-0.25, -0.2) is 0 Å². The van der Waals surface area contributed by atoms with Crippen LogP contribution in [0.1, 0.15) is 39.5 Å². The molecular formula is C16H25NO2. The molecule has 106 valence electrons. The van der Waals surface area contributed by atoms with E-state index < -0.39 is 0 Å². The molecule has 1 amide bonds. The second kappa shape index (κ2) is 10.3. The second-order valence-electron chi connectivity index (χ2n) is 4.56. The van der Waals surface area contributed by atoms with E-state index in [1.807, 2.05) is 6.08 Å². The summed E-state index contributed by atoms with van der Waals surface area (Å²) in [5.74, 6) is -0.0820. The van der Waals surface area contributed by atoms with Crippen LogP contribution in [0, 0.1) is 0 Å². The van der Waals surface area contributed by atoms with E-state index in [0.29, 0.717) is 17.6 Å². The Bertz CT molecular complexity index is 367. The fourth-order valence-corrected chi connectivity index (χ4v) is 1.65. The number of carbonyl (C=O) groups excluding carboxylic acids is 2. The summed E-state index contributed by atoms with van der Waals surface area (Å²) in [7, 11) is 1.78. The van der Waals surface area contributed by atoms with Crippen LogP contribution in [0.4, 0.5) is 0 Å². The number of unbranched alkanes of at least 4 members (excludes halogenated alkanes) is 2. The van der Waals surface area contributed by atoms with Crippen molar-refractivity contribution < 1.29 is 9.59 Å². The quantitative estimate of drug-likeness (QED) is 0.210. The molecule has 0 unspecified atom stereocenters. The van der Waals surface area contributed by atoms with Gasteiger partial charge in [0.2, 0.25) is 5.91 Å². The minimum absolute atomic E-state index is 0.0820. The fourth-order valence-electron chi connectivity index (χ4n) is 1.65. The van der Waals surface area contributed by atoms with Crippen molar-refractivity contribution in [3.8, 4) is 0 Å². The highest BCUT2D eigenvalue weighted by Gasteiger charge is 2.13. The maximum atomic E-state index is 12.1. The lowest BCUT2D eigenvalue weighted by Gasteiger charge is -2.17. The van der Waals surface area contributed by atoms with E-state index in [-0.39, 0.29) is 5.91 Å². The van der Waals surface area contributed by atoms with Gasteiger partial charge in [-0.15, -0.1) is 6.58 Å². The molecule has 3 heteroatoms. The number of rotatable bonds is 9. The molecule has 0 radical (unpaired) electrons. The summed E-state index contributed by atoms with van der Waals surface area (Å²) in [4.78, 5) is 24.8. The fraction of sp³-hybridized carbons (Fsp3) is 0.500. The Morgan fingerprint density at radius 2 is 2.00 bits per heavy atom. The first-order valence-corrected chi connectivity index (χ1v) is 6.77. The van der Waals surface area contributed by atoms with Gasteiger partial charge in [-0.2, -0.15) is 0 Å². The third-order valence-corrected chi connectivity index (χ3v) is 2.92. The molecule has 0 aromatic carbocycles. The zero-order valence-electron chi connectivity index (χ0n) is 12.3. The molecule has 0 saturated heterocycles. The zero-order valence-corrected chi connectivity index (χ0v) is 12.3. The van der Waals surface area contributed by atoms with Gasteiger partial charge in [-0.3, -0.25) is 9.59 Å². The molecule has 0 fully saturated rings. The summed E-state index contributed by atoms with van der Waals surface area (Å²) >= 11 is 0. The highest BCUT2D eigenvalue weighted by Crippen LogP contribution is 2.09. The van der Waals surface area contributed by atoms with Gasteiger partial charge in [0, 0.05) is 24.7 Å². The molecular weight excluding hydrogens is 238 g/mol. The third kappa shape index (κ3) is 6.75. The molecule has 0 bridgehead atoms. The van der Waals surface area contributed by atoms with Crippen LogP contribution in [-0.4, -0.2) is 30.7 Å². The average Bonchev–Trinajstić information content (AvgIpc) is 2.42. The van der Waals surface area contributed by atoms with E-state index >= 15 is 0 Å². The van der Waals surface area contributed by atoms with Crippen LogP contribution >= 0.6 is 0 Å². The number of carbonyl (C=O) groups is 2. The van der Waals surface area contributed by atoms with Gasteiger partial charge in [0.25, 0.3) is 0 Å². The Morgan fingerprint density at radius 1 is 1.32 bits per heavy atom. The van der Waals surface area contributed by atoms with Crippen LogP contribution in [0.2, 0.25) is 0 Å². The number of likely N-dealkylation sites (N-methyl/N-ethyl adjacent to an activating group) is 1. The molecule has 0 rings (SSSR count). The molecule has 0 aliphatic rings. The third-order valence-electron chi connectivity index (χ3n) is 2.92. The first kappa shape index (κ1) is 17.4. The van der Waals surface area contributed by atoms with Crippen LogP contribution in [0.15, 0.2) is 36.0 Å². The summed E-state index contributed by atoms with van der Waals surface area (Å²) in [6, 6.07) is 0. The number of amides is 1. The van der Waals surface area contributed by atoms with Crippen LogP contribution in [0.5, 0.6) is 0 Å². The van der Waals surface area contributed by atoms with E-state index in [2.05, 4.69) is 13.5 Å². The molecule has 0 saturated carbocycles. The SMILES string of the molecule is C=CC/C=C\C(C=O)=C(/C)C(=O)N(C)CCCCC. The van der Waals surface area contributed by atoms with Gasteiger partial charge in [0.05, 0.1) is 0 Å². The maximum absolute atomic E-state index is 12.1. The van der Waals surface area contributed by atoms with E-state index in [1.54, 1.807) is 31.0 Å². The summed E-state index contributed by atoms with van der Waals surface area (Å²) in [5, 5.41) is 0. The second-order valence-corrected chi connectivity index (χ2v) is 4.56. The van der Waals surface area contributed by atoms with E-state index in [1.165, 1.54) is 0 Å². The van der Waals surface area contributed by atoms with Crippen molar-refractivity contribution in [3.63, 3.8) is 0 Å². The number of aldehydes is 1. The molecule has 0 atom stereocenters. The average molecular weight is 263 g/mol. The van der Waals surface area contributed by atoms with Gasteiger partial charge in [0.15, 0.2) is 6.29 Å². The highest BCUT2D eigenvalue weighted by atomic mass is 16.2. The van der Waals surface area contributed by atoms with Crippen molar-refractivity contribution in [1.29, 1.82) is 0 Å². The molecule has 0 aliphatic carbocycles. The van der Waals surface area contributed by atoms with Gasteiger partial charge < -0.3 is 4.90 Å². The lowest BCUT2D eigenvalue weighted by Crippen LogP contribution is -2.29. The summed E-state index contributed by atoms with van der Waals surface area (Å²) in [5.41, 5.74) is 0.934. The molecule has 0 aliphatic heterocycles. The molecule has 0 aromatic heterocycles. The lowest BCUT2D eigenvalue weighted by atomic mass is 10.1. The van der Waals surface area contributed by atoms with E-state index in [0.717, 1.165) is 32.1 Å². The van der Waals surface area contributed by atoms with Crippen molar-refractivity contribution >= 4 is 12.2 Å².